The maximum Gasteiger partial charge on any atom is 0.137 e. The van der Waals surface area contributed by atoms with Crippen molar-refractivity contribution in [2.75, 3.05) is 0 Å². The third-order valence-electron chi connectivity index (χ3n) is 2.46. The normalized spacial score (nSPS) is 10.0. The molecule has 0 bridgehead atoms. The highest BCUT2D eigenvalue weighted by Crippen LogP contribution is 2.25. The third-order valence-corrected chi connectivity index (χ3v) is 3.31. The molecule has 0 saturated heterocycles. The van der Waals surface area contributed by atoms with Crippen LogP contribution in [-0.2, 0) is 6.61 Å². The first-order valence-electron chi connectivity index (χ1n) is 5.36. The second-order valence-corrected chi connectivity index (χ2v) is 5.10. The molecule has 0 aliphatic rings. The van der Waals surface area contributed by atoms with Gasteiger partial charge in [0.25, 0.3) is 0 Å². The zero-order valence-corrected chi connectivity index (χ0v) is 12.0. The van der Waals surface area contributed by atoms with E-state index in [1.54, 1.807) is 24.3 Å². The minimum atomic E-state index is -0.393. The summed E-state index contributed by atoms with van der Waals surface area (Å²) in [6, 6.07) is 11.3. The Morgan fingerprint density at radius 2 is 2.05 bits per heavy atom. The molecule has 19 heavy (non-hydrogen) atoms. The molecule has 2 aromatic rings. The smallest absolute Gasteiger partial charge is 0.137 e. The molecule has 0 aliphatic heterocycles. The zero-order chi connectivity index (χ0) is 13.8. The molecule has 96 valence electrons. The van der Waals surface area contributed by atoms with Gasteiger partial charge >= 0.3 is 0 Å². The van der Waals surface area contributed by atoms with E-state index in [9.17, 15) is 4.39 Å². The van der Waals surface area contributed by atoms with E-state index in [0.717, 1.165) is 4.47 Å². The van der Waals surface area contributed by atoms with Gasteiger partial charge in [0.05, 0.1) is 10.6 Å². The highest BCUT2D eigenvalue weighted by molar-refractivity contribution is 9.10. The van der Waals surface area contributed by atoms with Crippen molar-refractivity contribution in [2.45, 2.75) is 6.61 Å². The Morgan fingerprint density at radius 1 is 1.26 bits per heavy atom. The van der Waals surface area contributed by atoms with Gasteiger partial charge in [0, 0.05) is 10.0 Å². The SMILES string of the molecule is N#Cc1cc(Br)ccc1OCc1ccc(F)cc1Cl. The van der Waals surface area contributed by atoms with E-state index in [1.807, 2.05) is 6.07 Å². The molecule has 0 N–H and O–H groups in total. The van der Waals surface area contributed by atoms with Crippen molar-refractivity contribution < 1.29 is 9.13 Å². The molecule has 2 nitrogen and oxygen atoms in total. The van der Waals surface area contributed by atoms with E-state index >= 15 is 0 Å². The first-order chi connectivity index (χ1) is 9.10. The average molecular weight is 341 g/mol. The lowest BCUT2D eigenvalue weighted by molar-refractivity contribution is 0.305. The number of rotatable bonds is 3. The second kappa shape index (κ2) is 6.05. The van der Waals surface area contributed by atoms with Crippen LogP contribution < -0.4 is 4.74 Å². The van der Waals surface area contributed by atoms with E-state index in [2.05, 4.69) is 15.9 Å². The summed E-state index contributed by atoms with van der Waals surface area (Å²) in [5.74, 6) is 0.0706. The summed E-state index contributed by atoms with van der Waals surface area (Å²) in [6.45, 7) is 0.176. The summed E-state index contributed by atoms with van der Waals surface area (Å²) < 4.78 is 19.2. The molecular weight excluding hydrogens is 333 g/mol. The molecule has 2 aromatic carbocycles. The van der Waals surface area contributed by atoms with Crippen molar-refractivity contribution in [2.24, 2.45) is 0 Å². The first kappa shape index (κ1) is 13.9. The van der Waals surface area contributed by atoms with Crippen LogP contribution in [0.4, 0.5) is 4.39 Å². The van der Waals surface area contributed by atoms with Gasteiger partial charge in [-0.1, -0.05) is 33.6 Å². The molecule has 0 radical (unpaired) electrons. The molecule has 5 heteroatoms. The number of hydrogen-bond acceptors (Lipinski definition) is 2. The topological polar surface area (TPSA) is 33.0 Å². The van der Waals surface area contributed by atoms with E-state index in [0.29, 0.717) is 21.9 Å². The fourth-order valence-corrected chi connectivity index (χ4v) is 2.09. The molecule has 0 atom stereocenters. The van der Waals surface area contributed by atoms with Gasteiger partial charge in [-0.05, 0) is 30.3 Å². The van der Waals surface area contributed by atoms with E-state index in [4.69, 9.17) is 21.6 Å². The van der Waals surface area contributed by atoms with Gasteiger partial charge in [-0.15, -0.1) is 0 Å². The molecule has 0 unspecified atom stereocenters. The molecule has 0 spiro atoms. The monoisotopic (exact) mass is 339 g/mol. The maximum absolute atomic E-state index is 12.9. The second-order valence-electron chi connectivity index (χ2n) is 3.78. The van der Waals surface area contributed by atoms with Crippen LogP contribution in [0.25, 0.3) is 0 Å². The maximum atomic E-state index is 12.9. The average Bonchev–Trinajstić information content (AvgIpc) is 2.39. The van der Waals surface area contributed by atoms with E-state index in [-0.39, 0.29) is 6.61 Å². The van der Waals surface area contributed by atoms with Crippen molar-refractivity contribution in [3.8, 4) is 11.8 Å². The summed E-state index contributed by atoms with van der Waals surface area (Å²) in [5.41, 5.74) is 1.09. The highest BCUT2D eigenvalue weighted by Gasteiger charge is 2.07. The van der Waals surface area contributed by atoms with Gasteiger partial charge in [0.1, 0.15) is 24.2 Å². The van der Waals surface area contributed by atoms with Crippen LogP contribution in [0.15, 0.2) is 40.9 Å². The van der Waals surface area contributed by atoms with Crippen molar-refractivity contribution >= 4 is 27.5 Å². The molecule has 0 aromatic heterocycles. The number of benzene rings is 2. The highest BCUT2D eigenvalue weighted by atomic mass is 79.9. The Kier molecular flexibility index (Phi) is 4.41. The van der Waals surface area contributed by atoms with Crippen LogP contribution in [-0.4, -0.2) is 0 Å². The number of nitriles is 1. The third kappa shape index (κ3) is 3.46. The summed E-state index contributed by atoms with van der Waals surface area (Å²) in [7, 11) is 0. The predicted molar refractivity (Wildman–Crippen MR) is 74.6 cm³/mol. The Hall–Kier alpha value is -1.57. The lowest BCUT2D eigenvalue weighted by atomic mass is 10.2. The Labute approximate surface area is 123 Å². The summed E-state index contributed by atoms with van der Waals surface area (Å²) in [6.07, 6.45) is 0. The fourth-order valence-electron chi connectivity index (χ4n) is 1.51. The van der Waals surface area contributed by atoms with Crippen molar-refractivity contribution in [1.82, 2.24) is 0 Å². The van der Waals surface area contributed by atoms with Gasteiger partial charge in [0.2, 0.25) is 0 Å². The van der Waals surface area contributed by atoms with Gasteiger partial charge in [-0.2, -0.15) is 5.26 Å². The van der Waals surface area contributed by atoms with Gasteiger partial charge in [-0.3, -0.25) is 0 Å². The molecule has 0 fully saturated rings. The fraction of sp³-hybridized carbons (Fsp3) is 0.0714. The Bertz CT molecular complexity index is 654. The van der Waals surface area contributed by atoms with Gasteiger partial charge < -0.3 is 4.74 Å². The molecule has 0 saturated carbocycles. The van der Waals surface area contributed by atoms with E-state index < -0.39 is 5.82 Å². The number of nitrogens with zero attached hydrogens (tertiary/aromatic N) is 1. The molecule has 0 heterocycles. The molecule has 0 amide bonds. The molecule has 0 aliphatic carbocycles. The summed E-state index contributed by atoms with van der Waals surface area (Å²) in [4.78, 5) is 0. The van der Waals surface area contributed by atoms with E-state index in [1.165, 1.54) is 12.1 Å². The first-order valence-corrected chi connectivity index (χ1v) is 6.53. The Morgan fingerprint density at radius 3 is 2.74 bits per heavy atom. The lowest BCUT2D eigenvalue weighted by Gasteiger charge is -2.09. The van der Waals surface area contributed by atoms with Crippen molar-refractivity contribution in [3.05, 3.63) is 62.8 Å². The Balaban J connectivity index is 2.17. The molecule has 2 rings (SSSR count). The van der Waals surface area contributed by atoms with Crippen LogP contribution in [0.5, 0.6) is 5.75 Å². The van der Waals surface area contributed by atoms with Gasteiger partial charge in [-0.25, -0.2) is 4.39 Å². The standard InChI is InChI=1S/C14H8BrClFNO/c15-11-2-4-14(10(5-11)7-18)19-8-9-1-3-12(17)6-13(9)16/h1-6H,8H2. The zero-order valence-electron chi connectivity index (χ0n) is 9.66. The summed E-state index contributed by atoms with van der Waals surface area (Å²) in [5, 5.41) is 9.31. The van der Waals surface area contributed by atoms with Crippen LogP contribution in [0.3, 0.4) is 0 Å². The number of hydrogen-bond donors (Lipinski definition) is 0. The predicted octanol–water partition coefficient (Wildman–Crippen LogP) is 4.69. The van der Waals surface area contributed by atoms with Crippen LogP contribution in [0, 0.1) is 17.1 Å². The lowest BCUT2D eigenvalue weighted by Crippen LogP contribution is -1.98. The quantitative estimate of drug-likeness (QED) is 0.812. The molecular formula is C14H8BrClFNO. The largest absolute Gasteiger partial charge is 0.487 e. The van der Waals surface area contributed by atoms with Crippen LogP contribution in [0.2, 0.25) is 5.02 Å². The number of halogens is 3. The minimum Gasteiger partial charge on any atom is -0.487 e. The van der Waals surface area contributed by atoms with Crippen LogP contribution in [0.1, 0.15) is 11.1 Å². The van der Waals surface area contributed by atoms with Crippen molar-refractivity contribution in [3.63, 3.8) is 0 Å². The van der Waals surface area contributed by atoms with Crippen molar-refractivity contribution in [1.29, 1.82) is 5.26 Å². The van der Waals surface area contributed by atoms with Gasteiger partial charge in [0.15, 0.2) is 0 Å². The summed E-state index contributed by atoms with van der Waals surface area (Å²) >= 11 is 9.19. The van der Waals surface area contributed by atoms with Crippen LogP contribution >= 0.6 is 27.5 Å². The number of ether oxygens (including phenoxy) is 1. The minimum absolute atomic E-state index is 0.176.